The molecule has 0 fully saturated rings. The molecule has 0 unspecified atom stereocenters. The van der Waals surface area contributed by atoms with E-state index in [1.165, 1.54) is 0 Å². The molecule has 1 aromatic carbocycles. The van der Waals surface area contributed by atoms with Gasteiger partial charge in [-0.25, -0.2) is 0 Å². The number of carbonyl (C=O) groups is 1. The third-order valence-corrected chi connectivity index (χ3v) is 3.34. The van der Waals surface area contributed by atoms with Gasteiger partial charge in [0.2, 0.25) is 0 Å². The fraction of sp³-hybridized carbons (Fsp3) is 0.467. The zero-order valence-electron chi connectivity index (χ0n) is 12.1. The van der Waals surface area contributed by atoms with Crippen LogP contribution in [-0.4, -0.2) is 24.2 Å². The van der Waals surface area contributed by atoms with Crippen molar-refractivity contribution in [3.05, 3.63) is 28.8 Å². The summed E-state index contributed by atoms with van der Waals surface area (Å²) in [5.74, 6) is 0.545. The van der Waals surface area contributed by atoms with Crippen molar-refractivity contribution in [3.63, 3.8) is 0 Å². The van der Waals surface area contributed by atoms with Crippen molar-refractivity contribution >= 4 is 34.8 Å². The molecule has 21 heavy (non-hydrogen) atoms. The highest BCUT2D eigenvalue weighted by molar-refractivity contribution is 7.80. The van der Waals surface area contributed by atoms with Crippen molar-refractivity contribution in [3.8, 4) is 5.75 Å². The molecule has 0 atom stereocenters. The Morgan fingerprint density at radius 2 is 2.10 bits per heavy atom. The fourth-order valence-corrected chi connectivity index (χ4v) is 2.26. The largest absolute Gasteiger partial charge is 0.494 e. The first-order valence-electron chi connectivity index (χ1n) is 6.92. The van der Waals surface area contributed by atoms with Crippen molar-refractivity contribution in [2.75, 3.05) is 13.2 Å². The van der Waals surface area contributed by atoms with Gasteiger partial charge in [0.1, 0.15) is 10.7 Å². The van der Waals surface area contributed by atoms with E-state index in [9.17, 15) is 4.79 Å². The van der Waals surface area contributed by atoms with Gasteiger partial charge in [0.25, 0.3) is 0 Å². The summed E-state index contributed by atoms with van der Waals surface area (Å²) < 4.78 is 10.4. The molecule has 4 nitrogen and oxygen atoms in total. The van der Waals surface area contributed by atoms with Crippen molar-refractivity contribution in [2.45, 2.75) is 32.6 Å². The third-order valence-electron chi connectivity index (χ3n) is 2.81. The minimum atomic E-state index is -0.140. The molecule has 0 spiro atoms. The molecule has 0 aliphatic carbocycles. The van der Waals surface area contributed by atoms with Gasteiger partial charge in [0.15, 0.2) is 0 Å². The Balaban J connectivity index is 2.23. The smallest absolute Gasteiger partial charge is 0.305 e. The Labute approximate surface area is 135 Å². The van der Waals surface area contributed by atoms with Crippen LogP contribution in [0.3, 0.4) is 0 Å². The molecule has 0 amide bonds. The Kier molecular flexibility index (Phi) is 8.08. The first-order valence-corrected chi connectivity index (χ1v) is 7.71. The molecule has 1 aromatic rings. The van der Waals surface area contributed by atoms with Crippen LogP contribution in [0.5, 0.6) is 5.75 Å². The molecular weight excluding hydrogens is 310 g/mol. The lowest BCUT2D eigenvalue weighted by molar-refractivity contribution is -0.143. The van der Waals surface area contributed by atoms with Crippen molar-refractivity contribution in [1.29, 1.82) is 0 Å². The Hall–Kier alpha value is -1.33. The highest BCUT2D eigenvalue weighted by Crippen LogP contribution is 2.22. The Bertz CT molecular complexity index is 494. The van der Waals surface area contributed by atoms with E-state index in [1.807, 2.05) is 0 Å². The molecule has 0 bridgehead atoms. The lowest BCUT2D eigenvalue weighted by Crippen LogP contribution is -2.10. The van der Waals surface area contributed by atoms with E-state index < -0.39 is 0 Å². The molecule has 0 aliphatic heterocycles. The number of halogens is 1. The number of thiocarbonyl (C=S) groups is 1. The normalized spacial score (nSPS) is 10.2. The predicted octanol–water partition coefficient (Wildman–Crippen LogP) is 3.48. The Morgan fingerprint density at radius 3 is 2.71 bits per heavy atom. The molecule has 0 saturated carbocycles. The van der Waals surface area contributed by atoms with Crippen molar-refractivity contribution in [2.24, 2.45) is 5.73 Å². The van der Waals surface area contributed by atoms with Gasteiger partial charge in [-0.2, -0.15) is 0 Å². The fourth-order valence-electron chi connectivity index (χ4n) is 1.76. The van der Waals surface area contributed by atoms with Gasteiger partial charge < -0.3 is 15.2 Å². The van der Waals surface area contributed by atoms with E-state index in [0.717, 1.165) is 19.3 Å². The highest BCUT2D eigenvalue weighted by Gasteiger charge is 2.05. The van der Waals surface area contributed by atoms with E-state index >= 15 is 0 Å². The molecule has 116 valence electrons. The van der Waals surface area contributed by atoms with Crippen LogP contribution in [0, 0.1) is 0 Å². The lowest BCUT2D eigenvalue weighted by atomic mass is 10.2. The van der Waals surface area contributed by atoms with E-state index in [0.29, 0.717) is 36.0 Å². The number of unbranched alkanes of at least 4 members (excludes halogenated alkanes) is 2. The summed E-state index contributed by atoms with van der Waals surface area (Å²) in [6, 6.07) is 5.24. The average Bonchev–Trinajstić information content (AvgIpc) is 2.42. The maximum Gasteiger partial charge on any atom is 0.305 e. The first-order chi connectivity index (χ1) is 10.0. The molecule has 0 radical (unpaired) electrons. The third kappa shape index (κ3) is 6.78. The van der Waals surface area contributed by atoms with E-state index in [1.54, 1.807) is 25.1 Å². The van der Waals surface area contributed by atoms with Gasteiger partial charge in [0, 0.05) is 12.0 Å². The summed E-state index contributed by atoms with van der Waals surface area (Å²) in [5, 5.41) is 0.488. The lowest BCUT2D eigenvalue weighted by Gasteiger charge is -2.08. The summed E-state index contributed by atoms with van der Waals surface area (Å²) in [5.41, 5.74) is 6.18. The number of esters is 1. The second-order valence-corrected chi connectivity index (χ2v) is 5.32. The minimum Gasteiger partial charge on any atom is -0.494 e. The molecule has 0 saturated heterocycles. The number of nitrogens with two attached hydrogens (primary N) is 1. The van der Waals surface area contributed by atoms with Gasteiger partial charge in [-0.05, 0) is 44.4 Å². The molecule has 1 rings (SSSR count). The van der Waals surface area contributed by atoms with Gasteiger partial charge in [0.05, 0.1) is 18.2 Å². The van der Waals surface area contributed by atoms with Crippen LogP contribution in [-0.2, 0) is 9.53 Å². The van der Waals surface area contributed by atoms with E-state index in [2.05, 4.69) is 0 Å². The summed E-state index contributed by atoms with van der Waals surface area (Å²) in [6.07, 6.45) is 3.05. The predicted molar refractivity (Wildman–Crippen MR) is 87.9 cm³/mol. The molecule has 0 aliphatic rings. The average molecular weight is 330 g/mol. The highest BCUT2D eigenvalue weighted by atomic mass is 35.5. The molecular formula is C15H20ClNO3S. The van der Waals surface area contributed by atoms with Crippen LogP contribution >= 0.6 is 23.8 Å². The number of carbonyl (C=O) groups excluding carboxylic acids is 1. The molecule has 6 heteroatoms. The molecule has 2 N–H and O–H groups in total. The van der Waals surface area contributed by atoms with E-state index in [4.69, 9.17) is 39.0 Å². The zero-order valence-corrected chi connectivity index (χ0v) is 13.6. The Morgan fingerprint density at radius 1 is 1.33 bits per heavy atom. The summed E-state index contributed by atoms with van der Waals surface area (Å²) in [7, 11) is 0. The van der Waals surface area contributed by atoms with Gasteiger partial charge in [-0.3, -0.25) is 4.79 Å². The van der Waals surface area contributed by atoms with Crippen LogP contribution in [0.25, 0.3) is 0 Å². The van der Waals surface area contributed by atoms with Crippen molar-refractivity contribution in [1.82, 2.24) is 0 Å². The van der Waals surface area contributed by atoms with Crippen LogP contribution in [0.2, 0.25) is 5.02 Å². The monoisotopic (exact) mass is 329 g/mol. The van der Waals surface area contributed by atoms with Crippen LogP contribution in [0.1, 0.15) is 38.2 Å². The number of hydrogen-bond donors (Lipinski definition) is 1. The molecule has 0 aromatic heterocycles. The second-order valence-electron chi connectivity index (χ2n) is 4.47. The van der Waals surface area contributed by atoms with Crippen LogP contribution < -0.4 is 10.5 Å². The summed E-state index contributed by atoms with van der Waals surface area (Å²) in [6.45, 7) is 2.82. The number of ether oxygens (including phenoxy) is 2. The van der Waals surface area contributed by atoms with Crippen molar-refractivity contribution < 1.29 is 14.3 Å². The maximum absolute atomic E-state index is 11.1. The minimum absolute atomic E-state index is 0.140. The zero-order chi connectivity index (χ0) is 15.7. The summed E-state index contributed by atoms with van der Waals surface area (Å²) in [4.78, 5) is 11.4. The number of rotatable bonds is 9. The second kappa shape index (κ2) is 9.58. The SMILES string of the molecule is CCOC(=O)CCCCCOc1ccc(C(N)=S)c(Cl)c1. The number of hydrogen-bond acceptors (Lipinski definition) is 4. The van der Waals surface area contributed by atoms with Crippen LogP contribution in [0.15, 0.2) is 18.2 Å². The van der Waals surface area contributed by atoms with Gasteiger partial charge >= 0.3 is 5.97 Å². The number of benzene rings is 1. The van der Waals surface area contributed by atoms with Gasteiger partial charge in [-0.1, -0.05) is 23.8 Å². The standard InChI is InChI=1S/C15H20ClNO3S/c1-2-19-14(18)6-4-3-5-9-20-11-7-8-12(15(17)21)13(16)10-11/h7-8,10H,2-6,9H2,1H3,(H2,17,21). The maximum atomic E-state index is 11.1. The van der Waals surface area contributed by atoms with Crippen LogP contribution in [0.4, 0.5) is 0 Å². The first kappa shape index (κ1) is 17.7. The topological polar surface area (TPSA) is 61.5 Å². The quantitative estimate of drug-likeness (QED) is 0.427. The van der Waals surface area contributed by atoms with Gasteiger partial charge in [-0.15, -0.1) is 0 Å². The molecule has 0 heterocycles. The summed E-state index contributed by atoms with van der Waals surface area (Å²) >= 11 is 10.9. The van der Waals surface area contributed by atoms with E-state index in [-0.39, 0.29) is 11.0 Å².